The van der Waals surface area contributed by atoms with Crippen LogP contribution >= 0.6 is 11.3 Å². The summed E-state index contributed by atoms with van der Waals surface area (Å²) in [6.45, 7) is 4.60. The maximum absolute atomic E-state index is 12.8. The standard InChI is InChI=1S/C20H24N4O2S/c1-11-16-12(2)22-18(15-6-5-9-26-15)23-20(16)27-17(11)19(25)21-10-14(24(3)4)13-7-8-13/h5-6,9,13-14H,7-8,10H2,1-4H3,(H,21,25)/t14-/m1/s1. The predicted molar refractivity (Wildman–Crippen MR) is 107 cm³/mol. The number of aryl methyl sites for hydroxylation is 2. The van der Waals surface area contributed by atoms with Crippen molar-refractivity contribution >= 4 is 27.5 Å². The fourth-order valence-corrected chi connectivity index (χ4v) is 4.75. The van der Waals surface area contributed by atoms with Crippen molar-refractivity contribution in [2.24, 2.45) is 5.92 Å². The first-order valence-electron chi connectivity index (χ1n) is 9.22. The molecule has 1 aliphatic carbocycles. The molecule has 27 heavy (non-hydrogen) atoms. The number of carbonyl (C=O) groups is 1. The van der Waals surface area contributed by atoms with E-state index in [-0.39, 0.29) is 5.91 Å². The van der Waals surface area contributed by atoms with Crippen molar-refractivity contribution in [3.63, 3.8) is 0 Å². The zero-order valence-electron chi connectivity index (χ0n) is 16.1. The van der Waals surface area contributed by atoms with Gasteiger partial charge in [0.1, 0.15) is 4.83 Å². The van der Waals surface area contributed by atoms with Crippen LogP contribution in [0.4, 0.5) is 0 Å². The SMILES string of the molecule is Cc1nc(-c2ccco2)nc2sc(C(=O)NC[C@H](C3CC3)N(C)C)c(C)c12. The molecule has 142 valence electrons. The van der Waals surface area contributed by atoms with E-state index < -0.39 is 0 Å². The number of likely N-dealkylation sites (N-methyl/N-ethyl adjacent to an activating group) is 1. The summed E-state index contributed by atoms with van der Waals surface area (Å²) in [6.07, 6.45) is 4.12. The number of hydrogen-bond donors (Lipinski definition) is 1. The van der Waals surface area contributed by atoms with Crippen molar-refractivity contribution in [3.8, 4) is 11.6 Å². The fourth-order valence-electron chi connectivity index (χ4n) is 3.60. The quantitative estimate of drug-likeness (QED) is 0.703. The van der Waals surface area contributed by atoms with E-state index in [1.54, 1.807) is 6.26 Å². The Morgan fingerprint density at radius 3 is 2.78 bits per heavy atom. The lowest BCUT2D eigenvalue weighted by molar-refractivity contribution is 0.0942. The Bertz CT molecular complexity index is 972. The minimum Gasteiger partial charge on any atom is -0.461 e. The number of hydrogen-bond acceptors (Lipinski definition) is 6. The van der Waals surface area contributed by atoms with Crippen LogP contribution in [0, 0.1) is 19.8 Å². The van der Waals surface area contributed by atoms with Crippen LogP contribution in [0.3, 0.4) is 0 Å². The van der Waals surface area contributed by atoms with Gasteiger partial charge in [0.2, 0.25) is 0 Å². The number of aromatic nitrogens is 2. The monoisotopic (exact) mass is 384 g/mol. The lowest BCUT2D eigenvalue weighted by Gasteiger charge is -2.24. The van der Waals surface area contributed by atoms with Crippen LogP contribution in [0.25, 0.3) is 21.8 Å². The summed E-state index contributed by atoms with van der Waals surface area (Å²) in [5.74, 6) is 1.87. The van der Waals surface area contributed by atoms with E-state index in [0.717, 1.165) is 21.5 Å². The molecule has 0 aromatic carbocycles. The smallest absolute Gasteiger partial charge is 0.261 e. The number of nitrogens with zero attached hydrogens (tertiary/aromatic N) is 3. The molecule has 0 saturated heterocycles. The van der Waals surface area contributed by atoms with Crippen LogP contribution in [0.1, 0.15) is 33.8 Å². The first-order valence-corrected chi connectivity index (χ1v) is 10.0. The summed E-state index contributed by atoms with van der Waals surface area (Å²) in [4.78, 5) is 25.8. The molecule has 1 amide bonds. The number of rotatable bonds is 6. The van der Waals surface area contributed by atoms with Gasteiger partial charge in [0.05, 0.1) is 16.8 Å². The van der Waals surface area contributed by atoms with Gasteiger partial charge < -0.3 is 14.6 Å². The van der Waals surface area contributed by atoms with Crippen molar-refractivity contribution in [2.45, 2.75) is 32.7 Å². The van der Waals surface area contributed by atoms with E-state index in [0.29, 0.717) is 35.0 Å². The Kier molecular flexibility index (Phi) is 4.74. The lowest BCUT2D eigenvalue weighted by atomic mass is 10.1. The van der Waals surface area contributed by atoms with Crippen molar-refractivity contribution in [3.05, 3.63) is 34.5 Å². The number of nitrogens with one attached hydrogen (secondary N) is 1. The average Bonchev–Trinajstić information content (AvgIpc) is 3.17. The van der Waals surface area contributed by atoms with Gasteiger partial charge in [-0.3, -0.25) is 4.79 Å². The van der Waals surface area contributed by atoms with Crippen LogP contribution in [-0.4, -0.2) is 47.5 Å². The second-order valence-electron chi connectivity index (χ2n) is 7.42. The molecule has 1 saturated carbocycles. The van der Waals surface area contributed by atoms with Crippen molar-refractivity contribution in [1.82, 2.24) is 20.2 Å². The lowest BCUT2D eigenvalue weighted by Crippen LogP contribution is -2.41. The van der Waals surface area contributed by atoms with Crippen LogP contribution in [0.15, 0.2) is 22.8 Å². The molecule has 4 rings (SSSR count). The topological polar surface area (TPSA) is 71.3 Å². The molecule has 0 radical (unpaired) electrons. The highest BCUT2D eigenvalue weighted by atomic mass is 32.1. The molecule has 0 bridgehead atoms. The van der Waals surface area contributed by atoms with E-state index in [9.17, 15) is 4.79 Å². The van der Waals surface area contributed by atoms with E-state index in [1.165, 1.54) is 24.2 Å². The number of thiophene rings is 1. The van der Waals surface area contributed by atoms with E-state index in [4.69, 9.17) is 4.42 Å². The maximum Gasteiger partial charge on any atom is 0.261 e. The number of fused-ring (bicyclic) bond motifs is 1. The van der Waals surface area contributed by atoms with Gasteiger partial charge in [0.15, 0.2) is 11.6 Å². The van der Waals surface area contributed by atoms with Crippen molar-refractivity contribution in [1.29, 1.82) is 0 Å². The Hall–Kier alpha value is -2.25. The van der Waals surface area contributed by atoms with Crippen molar-refractivity contribution < 1.29 is 9.21 Å². The fraction of sp³-hybridized carbons (Fsp3) is 0.450. The van der Waals surface area contributed by atoms with Crippen molar-refractivity contribution in [2.75, 3.05) is 20.6 Å². The highest BCUT2D eigenvalue weighted by Gasteiger charge is 2.33. The van der Waals surface area contributed by atoms with Gasteiger partial charge in [-0.2, -0.15) is 0 Å². The minimum atomic E-state index is -0.0260. The average molecular weight is 385 g/mol. The number of carbonyl (C=O) groups excluding carboxylic acids is 1. The second kappa shape index (κ2) is 7.05. The first-order chi connectivity index (χ1) is 13.0. The highest BCUT2D eigenvalue weighted by Crippen LogP contribution is 2.35. The summed E-state index contributed by atoms with van der Waals surface area (Å²) in [5.41, 5.74) is 1.81. The third-order valence-corrected chi connectivity index (χ3v) is 6.40. The first kappa shape index (κ1) is 18.1. The van der Waals surface area contributed by atoms with E-state index in [1.807, 2.05) is 26.0 Å². The molecule has 0 aliphatic heterocycles. The number of furan rings is 1. The Balaban J connectivity index is 1.61. The van der Waals surface area contributed by atoms with Crippen LogP contribution in [0.2, 0.25) is 0 Å². The van der Waals surface area contributed by atoms with Gasteiger partial charge in [-0.25, -0.2) is 9.97 Å². The molecule has 3 aromatic rings. The predicted octanol–water partition coefficient (Wildman–Crippen LogP) is 3.64. The van der Waals surface area contributed by atoms with Crippen LogP contribution in [-0.2, 0) is 0 Å². The zero-order chi connectivity index (χ0) is 19.1. The zero-order valence-corrected chi connectivity index (χ0v) is 16.9. The molecule has 3 heterocycles. The van der Waals surface area contributed by atoms with Gasteiger partial charge in [-0.15, -0.1) is 11.3 Å². The van der Waals surface area contributed by atoms with E-state index >= 15 is 0 Å². The van der Waals surface area contributed by atoms with E-state index in [2.05, 4.69) is 34.3 Å². The molecule has 1 atom stereocenters. The molecule has 3 aromatic heterocycles. The molecule has 0 spiro atoms. The second-order valence-corrected chi connectivity index (χ2v) is 8.42. The van der Waals surface area contributed by atoms with Gasteiger partial charge in [-0.1, -0.05) is 0 Å². The molecule has 1 fully saturated rings. The normalized spacial score (nSPS) is 15.4. The molecular weight excluding hydrogens is 360 g/mol. The molecule has 7 heteroatoms. The van der Waals surface area contributed by atoms with Gasteiger partial charge in [0, 0.05) is 18.0 Å². The Morgan fingerprint density at radius 2 is 2.15 bits per heavy atom. The summed E-state index contributed by atoms with van der Waals surface area (Å²) in [6, 6.07) is 4.06. The maximum atomic E-state index is 12.8. The summed E-state index contributed by atoms with van der Waals surface area (Å²) >= 11 is 1.42. The molecule has 0 unspecified atom stereocenters. The summed E-state index contributed by atoms with van der Waals surface area (Å²) in [7, 11) is 4.16. The summed E-state index contributed by atoms with van der Waals surface area (Å²) < 4.78 is 5.42. The Morgan fingerprint density at radius 1 is 1.37 bits per heavy atom. The van der Waals surface area contributed by atoms with Gasteiger partial charge in [0.25, 0.3) is 5.91 Å². The Labute approximate surface area is 162 Å². The highest BCUT2D eigenvalue weighted by molar-refractivity contribution is 7.20. The third kappa shape index (κ3) is 3.49. The molecular formula is C20H24N4O2S. The van der Waals surface area contributed by atoms with Crippen LogP contribution in [0.5, 0.6) is 0 Å². The number of amides is 1. The van der Waals surface area contributed by atoms with Crippen LogP contribution < -0.4 is 5.32 Å². The third-order valence-electron chi connectivity index (χ3n) is 5.22. The molecule has 1 aliphatic rings. The van der Waals surface area contributed by atoms with Gasteiger partial charge >= 0.3 is 0 Å². The van der Waals surface area contributed by atoms with Gasteiger partial charge in [-0.05, 0) is 64.4 Å². The minimum absolute atomic E-state index is 0.0260. The molecule has 6 nitrogen and oxygen atoms in total. The largest absolute Gasteiger partial charge is 0.461 e. The summed E-state index contributed by atoms with van der Waals surface area (Å²) in [5, 5.41) is 4.09. The molecule has 1 N–H and O–H groups in total.